The summed E-state index contributed by atoms with van der Waals surface area (Å²) in [5.41, 5.74) is 2.45. The van der Waals surface area contributed by atoms with Gasteiger partial charge in [-0.25, -0.2) is 0 Å². The molecule has 0 fully saturated rings. The number of rotatable bonds is 3. The number of methoxy groups -OCH3 is 1. The van der Waals surface area contributed by atoms with Gasteiger partial charge in [-0.15, -0.1) is 11.3 Å². The van der Waals surface area contributed by atoms with E-state index in [9.17, 15) is 0 Å². The van der Waals surface area contributed by atoms with Gasteiger partial charge in [-0.2, -0.15) is 0 Å². The third kappa shape index (κ3) is 2.75. The van der Waals surface area contributed by atoms with E-state index < -0.39 is 0 Å². The number of thiophene rings is 1. The van der Waals surface area contributed by atoms with Crippen LogP contribution in [-0.2, 0) is 0 Å². The lowest BCUT2D eigenvalue weighted by Gasteiger charge is -2.14. The number of alkyl halides is 1. The van der Waals surface area contributed by atoms with Crippen molar-refractivity contribution in [3.05, 3.63) is 50.1 Å². The van der Waals surface area contributed by atoms with E-state index in [4.69, 9.17) is 4.74 Å². The molecule has 1 unspecified atom stereocenters. The Labute approximate surface area is 122 Å². The van der Waals surface area contributed by atoms with E-state index in [0.29, 0.717) is 0 Å². The summed E-state index contributed by atoms with van der Waals surface area (Å²) in [4.78, 5) is 1.50. The fraction of sp³-hybridized carbons (Fsp3) is 0.231. The van der Waals surface area contributed by atoms with Crippen molar-refractivity contribution in [1.29, 1.82) is 0 Å². The van der Waals surface area contributed by atoms with Crippen LogP contribution in [0.2, 0.25) is 0 Å². The Balaban J connectivity index is 2.46. The summed E-state index contributed by atoms with van der Waals surface area (Å²) >= 11 is 9.02. The van der Waals surface area contributed by atoms with E-state index in [2.05, 4.69) is 56.3 Å². The van der Waals surface area contributed by atoms with Crippen molar-refractivity contribution in [3.63, 3.8) is 0 Å². The largest absolute Gasteiger partial charge is 0.496 e. The van der Waals surface area contributed by atoms with Crippen LogP contribution < -0.4 is 4.74 Å². The van der Waals surface area contributed by atoms with Crippen LogP contribution in [0.4, 0.5) is 0 Å². The van der Waals surface area contributed by atoms with Crippen LogP contribution in [0, 0.1) is 6.92 Å². The SMILES string of the molecule is COc1ccc(Br)cc1C(Br)c1sccc1C. The van der Waals surface area contributed by atoms with Crippen LogP contribution in [0.5, 0.6) is 5.75 Å². The molecule has 0 aliphatic carbocycles. The van der Waals surface area contributed by atoms with Gasteiger partial charge in [0.2, 0.25) is 0 Å². The van der Waals surface area contributed by atoms with E-state index in [0.717, 1.165) is 15.8 Å². The number of benzene rings is 1. The van der Waals surface area contributed by atoms with Crippen molar-refractivity contribution < 1.29 is 4.74 Å². The molecular weight excluding hydrogens is 364 g/mol. The average molecular weight is 376 g/mol. The normalized spacial score (nSPS) is 12.5. The zero-order valence-electron chi connectivity index (χ0n) is 9.54. The molecule has 0 spiro atoms. The highest BCUT2D eigenvalue weighted by Gasteiger charge is 2.18. The maximum Gasteiger partial charge on any atom is 0.123 e. The van der Waals surface area contributed by atoms with E-state index in [1.807, 2.05) is 12.1 Å². The fourth-order valence-electron chi connectivity index (χ4n) is 1.69. The van der Waals surface area contributed by atoms with Crippen LogP contribution in [0.3, 0.4) is 0 Å². The van der Waals surface area contributed by atoms with Gasteiger partial charge in [0.05, 0.1) is 11.9 Å². The van der Waals surface area contributed by atoms with E-state index >= 15 is 0 Å². The van der Waals surface area contributed by atoms with Gasteiger partial charge in [-0.3, -0.25) is 0 Å². The minimum Gasteiger partial charge on any atom is -0.496 e. The second-order valence-corrected chi connectivity index (χ2v) is 6.50. The zero-order valence-corrected chi connectivity index (χ0v) is 13.5. The molecule has 0 bridgehead atoms. The molecule has 0 aliphatic heterocycles. The van der Waals surface area contributed by atoms with Gasteiger partial charge < -0.3 is 4.74 Å². The van der Waals surface area contributed by atoms with Gasteiger partial charge in [0.15, 0.2) is 0 Å². The molecule has 0 saturated heterocycles. The number of hydrogen-bond acceptors (Lipinski definition) is 2. The van der Waals surface area contributed by atoms with Gasteiger partial charge in [-0.05, 0) is 42.1 Å². The van der Waals surface area contributed by atoms with Crippen LogP contribution in [0.1, 0.15) is 20.8 Å². The van der Waals surface area contributed by atoms with Gasteiger partial charge in [-0.1, -0.05) is 31.9 Å². The number of ether oxygens (including phenoxy) is 1. The Morgan fingerprint density at radius 3 is 2.65 bits per heavy atom. The molecule has 4 heteroatoms. The summed E-state index contributed by atoms with van der Waals surface area (Å²) in [5.74, 6) is 0.905. The monoisotopic (exact) mass is 374 g/mol. The molecule has 1 aromatic heterocycles. The number of halogens is 2. The minimum absolute atomic E-state index is 0.176. The molecule has 0 amide bonds. The fourth-order valence-corrected chi connectivity index (χ4v) is 4.03. The lowest BCUT2D eigenvalue weighted by atomic mass is 10.1. The Hall–Kier alpha value is -0.320. The summed E-state index contributed by atoms with van der Waals surface area (Å²) < 4.78 is 6.48. The molecule has 1 heterocycles. The molecule has 90 valence electrons. The minimum atomic E-state index is 0.176. The molecule has 0 aliphatic rings. The predicted molar refractivity (Wildman–Crippen MR) is 80.5 cm³/mol. The van der Waals surface area contributed by atoms with Crippen molar-refractivity contribution >= 4 is 43.2 Å². The van der Waals surface area contributed by atoms with Crippen LogP contribution in [0.15, 0.2) is 34.1 Å². The van der Waals surface area contributed by atoms with Crippen LogP contribution in [0.25, 0.3) is 0 Å². The lowest BCUT2D eigenvalue weighted by molar-refractivity contribution is 0.410. The first-order valence-corrected chi connectivity index (χ1v) is 7.74. The van der Waals surface area contributed by atoms with Crippen molar-refractivity contribution in [2.24, 2.45) is 0 Å². The van der Waals surface area contributed by atoms with E-state index in [-0.39, 0.29) is 4.83 Å². The van der Waals surface area contributed by atoms with Gasteiger partial charge in [0.25, 0.3) is 0 Å². The number of hydrogen-bond donors (Lipinski definition) is 0. The highest BCUT2D eigenvalue weighted by molar-refractivity contribution is 9.10. The molecule has 2 aromatic rings. The first-order chi connectivity index (χ1) is 8.13. The second kappa shape index (κ2) is 5.55. The van der Waals surface area contributed by atoms with Gasteiger partial charge in [0, 0.05) is 14.9 Å². The average Bonchev–Trinajstić information content (AvgIpc) is 2.74. The smallest absolute Gasteiger partial charge is 0.123 e. The maximum absolute atomic E-state index is 5.41. The third-order valence-corrected chi connectivity index (χ3v) is 5.43. The summed E-state index contributed by atoms with van der Waals surface area (Å²) in [6.07, 6.45) is 0. The van der Waals surface area contributed by atoms with Gasteiger partial charge in [0.1, 0.15) is 5.75 Å². The molecule has 1 nitrogen and oxygen atoms in total. The summed E-state index contributed by atoms with van der Waals surface area (Å²) in [6.45, 7) is 2.13. The quantitative estimate of drug-likeness (QED) is 0.660. The molecule has 0 radical (unpaired) electrons. The molecule has 1 atom stereocenters. The zero-order chi connectivity index (χ0) is 12.4. The molecular formula is C13H12Br2OS. The summed E-state index contributed by atoms with van der Waals surface area (Å²) in [7, 11) is 1.70. The van der Waals surface area contributed by atoms with Gasteiger partial charge >= 0.3 is 0 Å². The maximum atomic E-state index is 5.41. The second-order valence-electron chi connectivity index (χ2n) is 3.72. The van der Waals surface area contributed by atoms with Crippen molar-refractivity contribution in [2.75, 3.05) is 7.11 Å². The summed E-state index contributed by atoms with van der Waals surface area (Å²) in [5, 5.41) is 2.11. The van der Waals surface area contributed by atoms with E-state index in [1.54, 1.807) is 18.4 Å². The Bertz CT molecular complexity index is 522. The van der Waals surface area contributed by atoms with Crippen molar-refractivity contribution in [2.45, 2.75) is 11.8 Å². The van der Waals surface area contributed by atoms with Crippen LogP contribution >= 0.6 is 43.2 Å². The molecule has 1 aromatic carbocycles. The first kappa shape index (κ1) is 13.1. The molecule has 0 saturated carbocycles. The first-order valence-electron chi connectivity index (χ1n) is 5.15. The third-order valence-electron chi connectivity index (χ3n) is 2.60. The Morgan fingerprint density at radius 2 is 2.06 bits per heavy atom. The molecule has 2 rings (SSSR count). The highest BCUT2D eigenvalue weighted by atomic mass is 79.9. The topological polar surface area (TPSA) is 9.23 Å². The van der Waals surface area contributed by atoms with E-state index in [1.165, 1.54) is 10.4 Å². The summed E-state index contributed by atoms with van der Waals surface area (Å²) in [6, 6.07) is 8.20. The molecule has 17 heavy (non-hydrogen) atoms. The Kier molecular flexibility index (Phi) is 4.28. The standard InChI is InChI=1S/C13H12Br2OS/c1-8-5-6-17-13(8)12(15)10-7-9(14)3-4-11(10)16-2/h3-7,12H,1-2H3. The molecule has 0 N–H and O–H groups in total. The Morgan fingerprint density at radius 1 is 1.29 bits per heavy atom. The predicted octanol–water partition coefficient (Wildman–Crippen LogP) is 5.31. The highest BCUT2D eigenvalue weighted by Crippen LogP contribution is 2.41. The van der Waals surface area contributed by atoms with Crippen molar-refractivity contribution in [3.8, 4) is 5.75 Å². The van der Waals surface area contributed by atoms with Crippen molar-refractivity contribution in [1.82, 2.24) is 0 Å². The number of aryl methyl sites for hydroxylation is 1. The lowest BCUT2D eigenvalue weighted by Crippen LogP contribution is -1.96. The van der Waals surface area contributed by atoms with Crippen LogP contribution in [-0.4, -0.2) is 7.11 Å².